The molecule has 0 aromatic heterocycles. The molecular weight excluding hydrogens is 481 g/mol. The van der Waals surface area contributed by atoms with Crippen LogP contribution in [0.25, 0.3) is 0 Å². The van der Waals surface area contributed by atoms with Gasteiger partial charge in [0, 0.05) is 6.07 Å². The van der Waals surface area contributed by atoms with Crippen LogP contribution in [0.15, 0.2) is 66.7 Å². The Hall–Kier alpha value is -3.42. The van der Waals surface area contributed by atoms with Crippen molar-refractivity contribution in [3.05, 3.63) is 87.9 Å². The zero-order valence-electron chi connectivity index (χ0n) is 18.5. The molecular formula is C25H23Cl2NO6. The predicted octanol–water partition coefficient (Wildman–Crippen LogP) is 5.28. The fraction of sp³-hybridized carbons (Fsp3) is 0.200. The molecule has 0 spiro atoms. The van der Waals surface area contributed by atoms with Gasteiger partial charge in [0.15, 0.2) is 0 Å². The molecule has 9 heteroatoms. The van der Waals surface area contributed by atoms with Crippen molar-refractivity contribution in [3.8, 4) is 11.5 Å². The molecule has 178 valence electrons. The van der Waals surface area contributed by atoms with Crippen LogP contribution >= 0.6 is 23.2 Å². The first-order valence-corrected chi connectivity index (χ1v) is 11.0. The molecule has 0 radical (unpaired) electrons. The van der Waals surface area contributed by atoms with Crippen LogP contribution in [0.4, 0.5) is 5.69 Å². The summed E-state index contributed by atoms with van der Waals surface area (Å²) in [6.45, 7) is -0.114. The Balaban J connectivity index is 1.76. The van der Waals surface area contributed by atoms with Crippen molar-refractivity contribution in [3.63, 3.8) is 0 Å². The maximum atomic E-state index is 12.9. The first-order valence-electron chi connectivity index (χ1n) is 10.2. The van der Waals surface area contributed by atoms with Crippen molar-refractivity contribution in [2.75, 3.05) is 19.5 Å². The number of rotatable bonds is 10. The first-order chi connectivity index (χ1) is 16.4. The molecule has 3 aromatic rings. The monoisotopic (exact) mass is 503 g/mol. The lowest BCUT2D eigenvalue weighted by atomic mass is 10.2. The highest BCUT2D eigenvalue weighted by Crippen LogP contribution is 2.31. The van der Waals surface area contributed by atoms with E-state index in [9.17, 15) is 9.59 Å². The third kappa shape index (κ3) is 7.04. The van der Waals surface area contributed by atoms with Gasteiger partial charge in [0.25, 0.3) is 6.23 Å². The Morgan fingerprint density at radius 2 is 1.47 bits per heavy atom. The minimum absolute atomic E-state index is 0.0321. The number of anilines is 1. The number of methoxy groups -OCH3 is 2. The van der Waals surface area contributed by atoms with E-state index in [0.29, 0.717) is 17.1 Å². The number of para-hydroxylation sites is 1. The predicted molar refractivity (Wildman–Crippen MR) is 129 cm³/mol. The summed E-state index contributed by atoms with van der Waals surface area (Å²) in [6.07, 6.45) is -1.52. The van der Waals surface area contributed by atoms with Crippen molar-refractivity contribution in [2.24, 2.45) is 0 Å². The van der Waals surface area contributed by atoms with E-state index in [-0.39, 0.29) is 28.8 Å². The van der Waals surface area contributed by atoms with Gasteiger partial charge in [0.05, 0.1) is 36.4 Å². The lowest BCUT2D eigenvalue weighted by Crippen LogP contribution is -2.36. The Kier molecular flexibility index (Phi) is 9.01. The maximum Gasteiger partial charge on any atom is 0.369 e. The van der Waals surface area contributed by atoms with Crippen LogP contribution in [0, 0.1) is 0 Å². The van der Waals surface area contributed by atoms with E-state index in [1.807, 2.05) is 6.07 Å². The van der Waals surface area contributed by atoms with E-state index in [1.165, 1.54) is 14.2 Å². The number of carbonyl (C=O) groups is 2. The van der Waals surface area contributed by atoms with Crippen LogP contribution in [0.1, 0.15) is 11.1 Å². The van der Waals surface area contributed by atoms with Gasteiger partial charge in [-0.25, -0.2) is 4.79 Å². The molecule has 0 fully saturated rings. The minimum Gasteiger partial charge on any atom is -0.497 e. The van der Waals surface area contributed by atoms with E-state index in [1.54, 1.807) is 60.7 Å². The summed E-state index contributed by atoms with van der Waals surface area (Å²) >= 11 is 12.4. The average molecular weight is 504 g/mol. The van der Waals surface area contributed by atoms with Crippen LogP contribution in [-0.4, -0.2) is 32.4 Å². The standard InChI is InChI=1S/C25H23Cl2NO6/c1-31-18-11-17(12-19(14-18)32-2)15-33-25(30)24(28-23-20(26)9-6-10-21(23)27)34-22(29)13-16-7-4-3-5-8-16/h3-12,14,24,28H,13,15H2,1-2H3. The van der Waals surface area contributed by atoms with Gasteiger partial charge < -0.3 is 24.3 Å². The molecule has 0 heterocycles. The van der Waals surface area contributed by atoms with Crippen LogP contribution in [0.2, 0.25) is 10.0 Å². The highest BCUT2D eigenvalue weighted by molar-refractivity contribution is 6.39. The zero-order valence-corrected chi connectivity index (χ0v) is 20.1. The third-order valence-electron chi connectivity index (χ3n) is 4.69. The number of benzene rings is 3. The smallest absolute Gasteiger partial charge is 0.369 e. The van der Waals surface area contributed by atoms with Gasteiger partial charge in [-0.15, -0.1) is 0 Å². The summed E-state index contributed by atoms with van der Waals surface area (Å²) in [4.78, 5) is 25.5. The average Bonchev–Trinajstić information content (AvgIpc) is 2.84. The van der Waals surface area contributed by atoms with E-state index >= 15 is 0 Å². The Morgan fingerprint density at radius 1 is 0.853 bits per heavy atom. The Morgan fingerprint density at radius 3 is 2.06 bits per heavy atom. The van der Waals surface area contributed by atoms with Crippen molar-refractivity contribution in [1.82, 2.24) is 0 Å². The van der Waals surface area contributed by atoms with Gasteiger partial charge in [-0.3, -0.25) is 4.79 Å². The summed E-state index contributed by atoms with van der Waals surface area (Å²) in [5.74, 6) is -0.388. The second kappa shape index (κ2) is 12.2. The normalized spacial score (nSPS) is 11.3. The molecule has 0 aliphatic rings. The Bertz CT molecular complexity index is 1100. The summed E-state index contributed by atoms with van der Waals surface area (Å²) in [6, 6.07) is 18.9. The molecule has 0 saturated heterocycles. The molecule has 3 rings (SSSR count). The van der Waals surface area contributed by atoms with E-state index in [4.69, 9.17) is 42.1 Å². The van der Waals surface area contributed by atoms with Crippen molar-refractivity contribution in [2.45, 2.75) is 19.3 Å². The van der Waals surface area contributed by atoms with Crippen LogP contribution in [-0.2, 0) is 32.1 Å². The zero-order chi connectivity index (χ0) is 24.5. The van der Waals surface area contributed by atoms with Gasteiger partial charge in [0.2, 0.25) is 0 Å². The van der Waals surface area contributed by atoms with Crippen LogP contribution in [0.3, 0.4) is 0 Å². The van der Waals surface area contributed by atoms with Gasteiger partial charge >= 0.3 is 11.9 Å². The fourth-order valence-corrected chi connectivity index (χ4v) is 3.53. The van der Waals surface area contributed by atoms with Crippen molar-refractivity contribution >= 4 is 40.8 Å². The molecule has 0 amide bonds. The number of hydrogen-bond donors (Lipinski definition) is 1. The number of esters is 2. The molecule has 34 heavy (non-hydrogen) atoms. The SMILES string of the molecule is COc1cc(COC(=O)C(Nc2c(Cl)cccc2Cl)OC(=O)Cc2ccccc2)cc(OC)c1. The van der Waals surface area contributed by atoms with E-state index in [2.05, 4.69) is 5.32 Å². The number of halogens is 2. The van der Waals surface area contributed by atoms with Gasteiger partial charge in [-0.1, -0.05) is 59.6 Å². The lowest BCUT2D eigenvalue weighted by molar-refractivity contribution is -0.166. The number of hydrogen-bond acceptors (Lipinski definition) is 7. The first kappa shape index (κ1) is 25.2. The van der Waals surface area contributed by atoms with Gasteiger partial charge in [0.1, 0.15) is 18.1 Å². The molecule has 0 aliphatic carbocycles. The number of ether oxygens (including phenoxy) is 4. The molecule has 0 saturated carbocycles. The van der Waals surface area contributed by atoms with Crippen molar-refractivity contribution < 1.29 is 28.5 Å². The molecule has 0 aliphatic heterocycles. The summed E-state index contributed by atoms with van der Waals surface area (Å²) in [5, 5.41) is 3.29. The van der Waals surface area contributed by atoms with E-state index < -0.39 is 18.2 Å². The molecule has 7 nitrogen and oxygen atoms in total. The van der Waals surface area contributed by atoms with Gasteiger partial charge in [-0.05, 0) is 35.4 Å². The van der Waals surface area contributed by atoms with Crippen LogP contribution < -0.4 is 14.8 Å². The molecule has 3 aromatic carbocycles. The fourth-order valence-electron chi connectivity index (χ4n) is 3.02. The summed E-state index contributed by atoms with van der Waals surface area (Å²) < 4.78 is 21.3. The van der Waals surface area contributed by atoms with Gasteiger partial charge in [-0.2, -0.15) is 0 Å². The summed E-state index contributed by atoms with van der Waals surface area (Å²) in [5.41, 5.74) is 1.59. The van der Waals surface area contributed by atoms with E-state index in [0.717, 1.165) is 5.56 Å². The second-order valence-electron chi connectivity index (χ2n) is 7.10. The lowest BCUT2D eigenvalue weighted by Gasteiger charge is -2.20. The summed E-state index contributed by atoms with van der Waals surface area (Å²) in [7, 11) is 3.04. The third-order valence-corrected chi connectivity index (χ3v) is 5.32. The Labute approximate surface area is 207 Å². The highest BCUT2D eigenvalue weighted by atomic mass is 35.5. The maximum absolute atomic E-state index is 12.9. The van der Waals surface area contributed by atoms with Crippen LogP contribution in [0.5, 0.6) is 11.5 Å². The quantitative estimate of drug-likeness (QED) is 0.297. The molecule has 1 atom stereocenters. The molecule has 1 unspecified atom stereocenters. The van der Waals surface area contributed by atoms with Crippen molar-refractivity contribution in [1.29, 1.82) is 0 Å². The second-order valence-corrected chi connectivity index (χ2v) is 7.92. The highest BCUT2D eigenvalue weighted by Gasteiger charge is 2.26. The minimum atomic E-state index is -1.49. The number of carbonyl (C=O) groups excluding carboxylic acids is 2. The largest absolute Gasteiger partial charge is 0.497 e. The topological polar surface area (TPSA) is 83.1 Å². The molecule has 0 bridgehead atoms. The number of nitrogens with one attached hydrogen (secondary N) is 1. The molecule has 1 N–H and O–H groups in total.